The Morgan fingerprint density at radius 2 is 2.33 bits per heavy atom. The van der Waals surface area contributed by atoms with Gasteiger partial charge >= 0.3 is 0 Å². The first kappa shape index (κ1) is 14.5. The molecule has 21 heavy (non-hydrogen) atoms. The minimum atomic E-state index is 0.110. The summed E-state index contributed by atoms with van der Waals surface area (Å²) >= 11 is 1.45. The van der Waals surface area contributed by atoms with Crippen LogP contribution in [0.1, 0.15) is 38.3 Å². The molecule has 1 saturated carbocycles. The zero-order valence-electron chi connectivity index (χ0n) is 12.5. The molecule has 2 heterocycles. The van der Waals surface area contributed by atoms with E-state index in [4.69, 9.17) is 0 Å². The summed E-state index contributed by atoms with van der Waals surface area (Å²) in [5, 5.41) is 2.63. The van der Waals surface area contributed by atoms with E-state index in [1.807, 2.05) is 17.3 Å². The first-order chi connectivity index (χ1) is 10.1. The molecule has 0 spiro atoms. The second kappa shape index (κ2) is 5.75. The lowest BCUT2D eigenvalue weighted by atomic mass is 10.2. The quantitative estimate of drug-likeness (QED) is 0.837. The number of carbonyl (C=O) groups excluding carboxylic acids is 2. The van der Waals surface area contributed by atoms with Crippen molar-refractivity contribution < 1.29 is 9.59 Å². The predicted molar refractivity (Wildman–Crippen MR) is 82.4 cm³/mol. The third-order valence-corrected chi connectivity index (χ3v) is 5.40. The highest BCUT2D eigenvalue weighted by atomic mass is 32.1. The van der Waals surface area contributed by atoms with Gasteiger partial charge in [-0.15, -0.1) is 11.3 Å². The van der Waals surface area contributed by atoms with Gasteiger partial charge in [-0.1, -0.05) is 0 Å². The summed E-state index contributed by atoms with van der Waals surface area (Å²) in [6, 6.07) is 0.316. The molecule has 6 heteroatoms. The first-order valence-corrected chi connectivity index (χ1v) is 8.44. The SMILES string of the molecule is CC(C1CC1)N(C)C(=O)Cc1csc(N2CCCC2=O)n1. The Kier molecular flexibility index (Phi) is 3.97. The number of aromatic nitrogens is 1. The van der Waals surface area contributed by atoms with Crippen molar-refractivity contribution in [2.45, 2.75) is 45.1 Å². The van der Waals surface area contributed by atoms with Crippen LogP contribution in [-0.2, 0) is 16.0 Å². The summed E-state index contributed by atoms with van der Waals surface area (Å²) in [7, 11) is 1.88. The lowest BCUT2D eigenvalue weighted by Gasteiger charge is -2.24. The highest BCUT2D eigenvalue weighted by Gasteiger charge is 2.32. The van der Waals surface area contributed by atoms with Crippen molar-refractivity contribution in [3.8, 4) is 0 Å². The van der Waals surface area contributed by atoms with Crippen LogP contribution in [0.2, 0.25) is 0 Å². The number of carbonyl (C=O) groups is 2. The Labute approximate surface area is 129 Å². The van der Waals surface area contributed by atoms with Crippen LogP contribution in [0.25, 0.3) is 0 Å². The molecule has 2 fully saturated rings. The molecule has 1 atom stereocenters. The van der Waals surface area contributed by atoms with Crippen molar-refractivity contribution >= 4 is 28.3 Å². The molecule has 1 unspecified atom stereocenters. The number of anilines is 1. The summed E-state index contributed by atoms with van der Waals surface area (Å²) in [5.41, 5.74) is 0.773. The van der Waals surface area contributed by atoms with E-state index in [0.717, 1.165) is 23.8 Å². The minimum absolute atomic E-state index is 0.110. The summed E-state index contributed by atoms with van der Waals surface area (Å²) < 4.78 is 0. The monoisotopic (exact) mass is 307 g/mol. The second-order valence-electron chi connectivity index (χ2n) is 6.03. The molecular formula is C15H21N3O2S. The van der Waals surface area contributed by atoms with E-state index in [2.05, 4.69) is 11.9 Å². The van der Waals surface area contributed by atoms with Gasteiger partial charge in [0.2, 0.25) is 11.8 Å². The van der Waals surface area contributed by atoms with Crippen molar-refractivity contribution in [3.05, 3.63) is 11.1 Å². The molecule has 3 rings (SSSR count). The normalized spacial score (nSPS) is 19.9. The zero-order valence-corrected chi connectivity index (χ0v) is 13.4. The van der Waals surface area contributed by atoms with E-state index in [9.17, 15) is 9.59 Å². The highest BCUT2D eigenvalue weighted by molar-refractivity contribution is 7.14. The van der Waals surface area contributed by atoms with Gasteiger partial charge in [0.15, 0.2) is 5.13 Å². The maximum absolute atomic E-state index is 12.3. The summed E-state index contributed by atoms with van der Waals surface area (Å²) in [4.78, 5) is 32.0. The molecule has 0 bridgehead atoms. The Hall–Kier alpha value is -1.43. The number of likely N-dealkylation sites (N-methyl/N-ethyl adjacent to an activating group) is 1. The first-order valence-electron chi connectivity index (χ1n) is 7.56. The van der Waals surface area contributed by atoms with Crippen LogP contribution in [0.15, 0.2) is 5.38 Å². The van der Waals surface area contributed by atoms with Crippen molar-refractivity contribution in [2.24, 2.45) is 5.92 Å². The molecule has 1 aromatic heterocycles. The molecule has 1 aliphatic heterocycles. The van der Waals surface area contributed by atoms with Gasteiger partial charge in [-0.25, -0.2) is 4.98 Å². The standard InChI is InChI=1S/C15H21N3O2S/c1-10(11-5-6-11)17(2)14(20)8-12-9-21-15(16-12)18-7-3-4-13(18)19/h9-11H,3-8H2,1-2H3. The molecule has 1 aromatic rings. The van der Waals surface area contributed by atoms with Crippen LogP contribution in [-0.4, -0.2) is 41.3 Å². The molecule has 1 aliphatic carbocycles. The van der Waals surface area contributed by atoms with Crippen molar-refractivity contribution in [1.82, 2.24) is 9.88 Å². The maximum atomic E-state index is 12.3. The molecular weight excluding hydrogens is 286 g/mol. The van der Waals surface area contributed by atoms with Crippen molar-refractivity contribution in [1.29, 1.82) is 0 Å². The van der Waals surface area contributed by atoms with Gasteiger partial charge in [-0.3, -0.25) is 14.5 Å². The van der Waals surface area contributed by atoms with Crippen LogP contribution in [0.3, 0.4) is 0 Å². The van der Waals surface area contributed by atoms with Gasteiger partial charge in [0.25, 0.3) is 0 Å². The van der Waals surface area contributed by atoms with Gasteiger partial charge in [0, 0.05) is 31.4 Å². The van der Waals surface area contributed by atoms with E-state index < -0.39 is 0 Å². The number of hydrogen-bond acceptors (Lipinski definition) is 4. The average Bonchev–Trinajstić information content (AvgIpc) is 3.08. The van der Waals surface area contributed by atoms with Crippen LogP contribution in [0.5, 0.6) is 0 Å². The Morgan fingerprint density at radius 1 is 1.57 bits per heavy atom. The predicted octanol–water partition coefficient (Wildman–Crippen LogP) is 2.07. The number of rotatable bonds is 5. The summed E-state index contributed by atoms with van der Waals surface area (Å²) in [6.07, 6.45) is 4.29. The summed E-state index contributed by atoms with van der Waals surface area (Å²) in [6.45, 7) is 2.86. The third kappa shape index (κ3) is 3.10. The third-order valence-electron chi connectivity index (χ3n) is 4.48. The largest absolute Gasteiger partial charge is 0.342 e. The Morgan fingerprint density at radius 3 is 2.95 bits per heavy atom. The van der Waals surface area contributed by atoms with Gasteiger partial charge < -0.3 is 4.90 Å². The van der Waals surface area contributed by atoms with E-state index in [0.29, 0.717) is 24.8 Å². The van der Waals surface area contributed by atoms with Crippen LogP contribution in [0.4, 0.5) is 5.13 Å². The Balaban J connectivity index is 1.61. The maximum Gasteiger partial charge on any atom is 0.228 e. The van der Waals surface area contributed by atoms with Gasteiger partial charge in [0.05, 0.1) is 12.1 Å². The molecule has 5 nitrogen and oxygen atoms in total. The van der Waals surface area contributed by atoms with Gasteiger partial charge in [0.1, 0.15) is 0 Å². The van der Waals surface area contributed by atoms with Crippen molar-refractivity contribution in [2.75, 3.05) is 18.5 Å². The number of amides is 2. The average molecular weight is 307 g/mol. The summed E-state index contributed by atoms with van der Waals surface area (Å²) in [5.74, 6) is 0.924. The van der Waals surface area contributed by atoms with Crippen LogP contribution in [0, 0.1) is 5.92 Å². The smallest absolute Gasteiger partial charge is 0.228 e. The van der Waals surface area contributed by atoms with Crippen LogP contribution < -0.4 is 4.90 Å². The van der Waals surface area contributed by atoms with Crippen molar-refractivity contribution in [3.63, 3.8) is 0 Å². The fourth-order valence-electron chi connectivity index (χ4n) is 2.75. The zero-order chi connectivity index (χ0) is 15.0. The lowest BCUT2D eigenvalue weighted by Crippen LogP contribution is -2.37. The molecule has 0 aromatic carbocycles. The second-order valence-corrected chi connectivity index (χ2v) is 6.87. The van der Waals surface area contributed by atoms with E-state index in [1.165, 1.54) is 24.2 Å². The van der Waals surface area contributed by atoms with E-state index in [1.54, 1.807) is 4.90 Å². The van der Waals surface area contributed by atoms with Crippen LogP contribution >= 0.6 is 11.3 Å². The van der Waals surface area contributed by atoms with E-state index >= 15 is 0 Å². The molecule has 114 valence electrons. The molecule has 1 saturated heterocycles. The van der Waals surface area contributed by atoms with Gasteiger partial charge in [-0.2, -0.15) is 0 Å². The fourth-order valence-corrected chi connectivity index (χ4v) is 3.62. The molecule has 0 radical (unpaired) electrons. The lowest BCUT2D eigenvalue weighted by molar-refractivity contribution is -0.131. The van der Waals surface area contributed by atoms with Gasteiger partial charge in [-0.05, 0) is 32.1 Å². The molecule has 2 aliphatic rings. The number of nitrogens with zero attached hydrogens (tertiary/aromatic N) is 3. The highest BCUT2D eigenvalue weighted by Crippen LogP contribution is 2.35. The molecule has 2 amide bonds. The topological polar surface area (TPSA) is 53.5 Å². The molecule has 0 N–H and O–H groups in total. The van der Waals surface area contributed by atoms with E-state index in [-0.39, 0.29) is 11.8 Å². The minimum Gasteiger partial charge on any atom is -0.342 e. The fraction of sp³-hybridized carbons (Fsp3) is 0.667. The Bertz CT molecular complexity index is 553. The number of thiazole rings is 1. The number of hydrogen-bond donors (Lipinski definition) is 0.